The fraction of sp³-hybridized carbons (Fsp3) is 0.118. The second-order valence-electron chi connectivity index (χ2n) is 5.06. The number of nitrogens with one attached hydrogen (secondary N) is 1. The highest BCUT2D eigenvalue weighted by Crippen LogP contribution is 2.33. The van der Waals surface area contributed by atoms with Gasteiger partial charge in [0, 0.05) is 17.0 Å². The molecule has 0 fully saturated rings. The Labute approximate surface area is 148 Å². The van der Waals surface area contributed by atoms with Crippen molar-refractivity contribution in [1.29, 1.82) is 0 Å². The summed E-state index contributed by atoms with van der Waals surface area (Å²) < 4.78 is 26.1. The highest BCUT2D eigenvalue weighted by molar-refractivity contribution is 7.93. The predicted octanol–water partition coefficient (Wildman–Crippen LogP) is 3.75. The first-order valence-electron chi connectivity index (χ1n) is 7.23. The number of amides is 1. The molecule has 1 N–H and O–H groups in total. The second-order valence-corrected chi connectivity index (χ2v) is 9.34. The molecule has 7 heteroatoms. The maximum atomic E-state index is 12.9. The molecule has 124 valence electrons. The summed E-state index contributed by atoms with van der Waals surface area (Å²) in [4.78, 5) is 13.0. The van der Waals surface area contributed by atoms with Crippen LogP contribution in [0.5, 0.6) is 0 Å². The molecule has 0 unspecified atom stereocenters. The first kappa shape index (κ1) is 16.9. The number of carbonyl (C=O) groups is 1. The summed E-state index contributed by atoms with van der Waals surface area (Å²) in [5.41, 5.74) is 0.510. The van der Waals surface area contributed by atoms with Crippen LogP contribution in [0.2, 0.25) is 0 Å². The molecule has 0 saturated carbocycles. The first-order valence-corrected chi connectivity index (χ1v) is 10.5. The van der Waals surface area contributed by atoms with E-state index in [1.54, 1.807) is 47.8 Å². The SMILES string of the molecule is O=C(NC[C@@H](c1cccs1)S(=O)(=O)c1cccs1)c1ccccc1. The Morgan fingerprint density at radius 2 is 1.67 bits per heavy atom. The van der Waals surface area contributed by atoms with E-state index in [9.17, 15) is 13.2 Å². The number of rotatable bonds is 6. The quantitative estimate of drug-likeness (QED) is 0.711. The largest absolute Gasteiger partial charge is 0.350 e. The summed E-state index contributed by atoms with van der Waals surface area (Å²) in [6.45, 7) is 0.0362. The topological polar surface area (TPSA) is 63.2 Å². The van der Waals surface area contributed by atoms with Crippen LogP contribution in [-0.4, -0.2) is 20.9 Å². The van der Waals surface area contributed by atoms with Crippen molar-refractivity contribution in [2.75, 3.05) is 6.54 Å². The van der Waals surface area contributed by atoms with Gasteiger partial charge in [0.1, 0.15) is 9.46 Å². The van der Waals surface area contributed by atoms with E-state index in [1.165, 1.54) is 22.7 Å². The Hall–Kier alpha value is -1.96. The minimum absolute atomic E-state index is 0.0362. The molecule has 3 aromatic rings. The fourth-order valence-electron chi connectivity index (χ4n) is 2.28. The van der Waals surface area contributed by atoms with Gasteiger partial charge in [0.15, 0.2) is 9.84 Å². The smallest absolute Gasteiger partial charge is 0.251 e. The summed E-state index contributed by atoms with van der Waals surface area (Å²) in [7, 11) is -3.54. The molecular weight excluding hydrogens is 362 g/mol. The lowest BCUT2D eigenvalue weighted by Crippen LogP contribution is -2.31. The third-order valence-electron chi connectivity index (χ3n) is 3.49. The zero-order chi connectivity index (χ0) is 17.0. The molecule has 0 bridgehead atoms. The van der Waals surface area contributed by atoms with E-state index in [2.05, 4.69) is 5.32 Å². The van der Waals surface area contributed by atoms with Crippen molar-refractivity contribution in [3.8, 4) is 0 Å². The van der Waals surface area contributed by atoms with E-state index in [0.717, 1.165) is 4.88 Å². The van der Waals surface area contributed by atoms with Crippen molar-refractivity contribution in [2.24, 2.45) is 0 Å². The van der Waals surface area contributed by atoms with Gasteiger partial charge >= 0.3 is 0 Å². The maximum Gasteiger partial charge on any atom is 0.251 e. The van der Waals surface area contributed by atoms with Crippen LogP contribution in [0.1, 0.15) is 20.5 Å². The molecule has 1 amide bonds. The van der Waals surface area contributed by atoms with E-state index >= 15 is 0 Å². The molecular formula is C17H15NO3S3. The van der Waals surface area contributed by atoms with Crippen molar-refractivity contribution in [1.82, 2.24) is 5.32 Å². The summed E-state index contributed by atoms with van der Waals surface area (Å²) in [6, 6.07) is 15.7. The second kappa shape index (κ2) is 7.29. The number of sulfone groups is 1. The number of benzene rings is 1. The number of hydrogen-bond acceptors (Lipinski definition) is 5. The third-order valence-corrected chi connectivity index (χ3v) is 8.14. The summed E-state index contributed by atoms with van der Waals surface area (Å²) in [5.74, 6) is -0.279. The van der Waals surface area contributed by atoms with E-state index in [-0.39, 0.29) is 12.5 Å². The molecule has 1 atom stereocenters. The molecule has 3 rings (SSSR count). The lowest BCUT2D eigenvalue weighted by molar-refractivity contribution is 0.0954. The minimum Gasteiger partial charge on any atom is -0.350 e. The molecule has 4 nitrogen and oxygen atoms in total. The lowest BCUT2D eigenvalue weighted by Gasteiger charge is -2.16. The van der Waals surface area contributed by atoms with Crippen LogP contribution in [0.25, 0.3) is 0 Å². The third kappa shape index (κ3) is 3.58. The molecule has 0 aliphatic heterocycles. The standard InChI is InChI=1S/C17H15NO3S3/c19-17(13-6-2-1-3-7-13)18-12-15(14-8-4-10-22-14)24(20,21)16-9-5-11-23-16/h1-11,15H,12H2,(H,18,19)/t15-/m0/s1. The average Bonchev–Trinajstić information content (AvgIpc) is 3.29. The maximum absolute atomic E-state index is 12.9. The van der Waals surface area contributed by atoms with Gasteiger partial charge in [-0.05, 0) is 35.0 Å². The zero-order valence-electron chi connectivity index (χ0n) is 12.6. The first-order chi connectivity index (χ1) is 11.6. The van der Waals surface area contributed by atoms with Crippen LogP contribution in [-0.2, 0) is 9.84 Å². The normalized spacial score (nSPS) is 12.7. The Bertz CT molecular complexity index is 886. The van der Waals surface area contributed by atoms with Crippen LogP contribution in [0, 0.1) is 0 Å². The van der Waals surface area contributed by atoms with Gasteiger partial charge in [-0.15, -0.1) is 22.7 Å². The van der Waals surface area contributed by atoms with Crippen LogP contribution < -0.4 is 5.32 Å². The van der Waals surface area contributed by atoms with Gasteiger partial charge in [-0.2, -0.15) is 0 Å². The summed E-state index contributed by atoms with van der Waals surface area (Å²) >= 11 is 2.57. The molecule has 24 heavy (non-hydrogen) atoms. The Balaban J connectivity index is 1.83. The Morgan fingerprint density at radius 1 is 0.958 bits per heavy atom. The fourth-order valence-corrected chi connectivity index (χ4v) is 6.27. The van der Waals surface area contributed by atoms with Crippen molar-refractivity contribution >= 4 is 38.4 Å². The molecule has 0 radical (unpaired) electrons. The van der Waals surface area contributed by atoms with Gasteiger partial charge in [-0.25, -0.2) is 8.42 Å². The Kier molecular flexibility index (Phi) is 5.13. The minimum atomic E-state index is -3.54. The molecule has 0 aliphatic rings. The van der Waals surface area contributed by atoms with Crippen LogP contribution in [0.15, 0.2) is 69.6 Å². The van der Waals surface area contributed by atoms with Crippen molar-refractivity contribution in [2.45, 2.75) is 9.46 Å². The Morgan fingerprint density at radius 3 is 2.29 bits per heavy atom. The van der Waals surface area contributed by atoms with Crippen molar-refractivity contribution in [3.63, 3.8) is 0 Å². The van der Waals surface area contributed by atoms with Gasteiger partial charge in [-0.1, -0.05) is 30.3 Å². The average molecular weight is 378 g/mol. The van der Waals surface area contributed by atoms with Crippen molar-refractivity contribution < 1.29 is 13.2 Å². The summed E-state index contributed by atoms with van der Waals surface area (Å²) in [5, 5.41) is 5.54. The van der Waals surface area contributed by atoms with E-state index < -0.39 is 15.1 Å². The van der Waals surface area contributed by atoms with Crippen molar-refractivity contribution in [3.05, 3.63) is 75.8 Å². The molecule has 0 saturated heterocycles. The lowest BCUT2D eigenvalue weighted by atomic mass is 10.2. The molecule has 1 aromatic carbocycles. The van der Waals surface area contributed by atoms with E-state index in [0.29, 0.717) is 9.77 Å². The molecule has 2 aromatic heterocycles. The monoisotopic (exact) mass is 377 g/mol. The van der Waals surface area contributed by atoms with Crippen LogP contribution in [0.3, 0.4) is 0 Å². The van der Waals surface area contributed by atoms with Gasteiger partial charge in [-0.3, -0.25) is 4.79 Å². The predicted molar refractivity (Wildman–Crippen MR) is 97.3 cm³/mol. The van der Waals surface area contributed by atoms with Gasteiger partial charge in [0.25, 0.3) is 5.91 Å². The van der Waals surface area contributed by atoms with Crippen LogP contribution in [0.4, 0.5) is 0 Å². The highest BCUT2D eigenvalue weighted by Gasteiger charge is 2.31. The van der Waals surface area contributed by atoms with E-state index in [1.807, 2.05) is 17.5 Å². The zero-order valence-corrected chi connectivity index (χ0v) is 15.0. The number of hydrogen-bond donors (Lipinski definition) is 1. The molecule has 2 heterocycles. The van der Waals surface area contributed by atoms with Gasteiger partial charge in [0.2, 0.25) is 0 Å². The van der Waals surface area contributed by atoms with Gasteiger partial charge < -0.3 is 5.32 Å². The number of thiophene rings is 2. The highest BCUT2D eigenvalue weighted by atomic mass is 32.2. The van der Waals surface area contributed by atoms with Crippen LogP contribution >= 0.6 is 22.7 Å². The molecule has 0 spiro atoms. The van der Waals surface area contributed by atoms with E-state index in [4.69, 9.17) is 0 Å². The molecule has 0 aliphatic carbocycles. The van der Waals surface area contributed by atoms with Gasteiger partial charge in [0.05, 0.1) is 0 Å². The number of carbonyl (C=O) groups excluding carboxylic acids is 1. The summed E-state index contributed by atoms with van der Waals surface area (Å²) in [6.07, 6.45) is 0.